The highest BCUT2D eigenvalue weighted by Crippen LogP contribution is 2.51. The molecular weight excluding hydrogens is 210 g/mol. The Morgan fingerprint density at radius 1 is 1.06 bits per heavy atom. The van der Waals surface area contributed by atoms with E-state index >= 15 is 0 Å². The van der Waals surface area contributed by atoms with Gasteiger partial charge in [-0.3, -0.25) is 0 Å². The van der Waals surface area contributed by atoms with E-state index in [1.807, 2.05) is 18.2 Å². The fourth-order valence-corrected chi connectivity index (χ4v) is 3.13. The number of hydrogen-bond acceptors (Lipinski definition) is 2. The van der Waals surface area contributed by atoms with Gasteiger partial charge in [0, 0.05) is 17.5 Å². The van der Waals surface area contributed by atoms with Crippen molar-refractivity contribution in [3.63, 3.8) is 0 Å². The van der Waals surface area contributed by atoms with Crippen molar-refractivity contribution in [3.05, 3.63) is 29.8 Å². The molecule has 3 rings (SSSR count). The van der Waals surface area contributed by atoms with Crippen LogP contribution in [-0.2, 0) is 5.41 Å². The third-order valence-electron chi connectivity index (χ3n) is 4.30. The normalized spacial score (nSPS) is 23.5. The third-order valence-corrected chi connectivity index (χ3v) is 4.30. The highest BCUT2D eigenvalue weighted by molar-refractivity contribution is 5.42. The lowest BCUT2D eigenvalue weighted by atomic mass is 9.93. The standard InChI is InChI=1S/C15H21NO/c17-14-7-3-2-6-13(14)15(8-9-15)12-16-10-4-1-5-11-16/h2-3,6-7,17H,1,4-5,8-12H2. The predicted octanol–water partition coefficient (Wildman–Crippen LogP) is 2.91. The minimum absolute atomic E-state index is 0.267. The van der Waals surface area contributed by atoms with Crippen LogP contribution < -0.4 is 0 Å². The van der Waals surface area contributed by atoms with E-state index in [0.717, 1.165) is 6.54 Å². The molecule has 1 heterocycles. The van der Waals surface area contributed by atoms with Crippen LogP contribution in [0.15, 0.2) is 24.3 Å². The molecule has 1 N–H and O–H groups in total. The van der Waals surface area contributed by atoms with Crippen LogP contribution in [0.3, 0.4) is 0 Å². The molecule has 1 saturated heterocycles. The van der Waals surface area contributed by atoms with E-state index < -0.39 is 0 Å². The second-order valence-electron chi connectivity index (χ2n) is 5.63. The summed E-state index contributed by atoms with van der Waals surface area (Å²) >= 11 is 0. The summed E-state index contributed by atoms with van der Waals surface area (Å²) in [6.07, 6.45) is 6.55. The van der Waals surface area contributed by atoms with Gasteiger partial charge < -0.3 is 10.0 Å². The maximum Gasteiger partial charge on any atom is 0.119 e. The van der Waals surface area contributed by atoms with Crippen molar-refractivity contribution in [3.8, 4) is 5.75 Å². The Morgan fingerprint density at radius 3 is 2.41 bits per heavy atom. The highest BCUT2D eigenvalue weighted by atomic mass is 16.3. The molecule has 0 radical (unpaired) electrons. The topological polar surface area (TPSA) is 23.5 Å². The average molecular weight is 231 g/mol. The van der Waals surface area contributed by atoms with E-state index in [1.165, 1.54) is 50.8 Å². The van der Waals surface area contributed by atoms with E-state index in [9.17, 15) is 5.11 Å². The van der Waals surface area contributed by atoms with Gasteiger partial charge in [0.2, 0.25) is 0 Å². The van der Waals surface area contributed by atoms with Gasteiger partial charge in [0.1, 0.15) is 5.75 Å². The maximum absolute atomic E-state index is 10.00. The Labute approximate surface area is 103 Å². The number of hydrogen-bond donors (Lipinski definition) is 1. The Bertz CT molecular complexity index is 392. The fourth-order valence-electron chi connectivity index (χ4n) is 3.13. The first-order chi connectivity index (χ1) is 8.30. The van der Waals surface area contributed by atoms with Crippen molar-refractivity contribution >= 4 is 0 Å². The van der Waals surface area contributed by atoms with Gasteiger partial charge in [-0.15, -0.1) is 0 Å². The van der Waals surface area contributed by atoms with Crippen LogP contribution >= 0.6 is 0 Å². The van der Waals surface area contributed by atoms with Crippen LogP contribution in [0.4, 0.5) is 0 Å². The van der Waals surface area contributed by atoms with Crippen molar-refractivity contribution < 1.29 is 5.11 Å². The summed E-state index contributed by atoms with van der Waals surface area (Å²) in [5.74, 6) is 0.488. The molecule has 1 aliphatic carbocycles. The number of nitrogens with zero attached hydrogens (tertiary/aromatic N) is 1. The third kappa shape index (κ3) is 2.19. The minimum Gasteiger partial charge on any atom is -0.508 e. The molecule has 0 atom stereocenters. The van der Waals surface area contributed by atoms with E-state index in [4.69, 9.17) is 0 Å². The maximum atomic E-state index is 10.00. The lowest BCUT2D eigenvalue weighted by Gasteiger charge is -2.31. The summed E-state index contributed by atoms with van der Waals surface area (Å²) in [6, 6.07) is 7.89. The number of para-hydroxylation sites is 1. The van der Waals surface area contributed by atoms with Crippen LogP contribution in [0.5, 0.6) is 5.75 Å². The second-order valence-corrected chi connectivity index (χ2v) is 5.63. The van der Waals surface area contributed by atoms with Gasteiger partial charge >= 0.3 is 0 Å². The molecule has 2 nitrogen and oxygen atoms in total. The molecule has 92 valence electrons. The highest BCUT2D eigenvalue weighted by Gasteiger charge is 2.46. The Morgan fingerprint density at radius 2 is 1.76 bits per heavy atom. The monoisotopic (exact) mass is 231 g/mol. The smallest absolute Gasteiger partial charge is 0.119 e. The fraction of sp³-hybridized carbons (Fsp3) is 0.600. The molecule has 0 bridgehead atoms. The van der Waals surface area contributed by atoms with Crippen molar-refractivity contribution in [2.45, 2.75) is 37.5 Å². The van der Waals surface area contributed by atoms with E-state index in [1.54, 1.807) is 0 Å². The molecule has 2 fully saturated rings. The molecule has 2 heteroatoms. The molecule has 0 unspecified atom stereocenters. The lowest BCUT2D eigenvalue weighted by Crippen LogP contribution is -2.36. The SMILES string of the molecule is Oc1ccccc1C1(CN2CCCCC2)CC1. The molecule has 0 spiro atoms. The zero-order chi connectivity index (χ0) is 11.7. The second kappa shape index (κ2) is 4.34. The van der Waals surface area contributed by atoms with Crippen molar-refractivity contribution in [2.24, 2.45) is 0 Å². The van der Waals surface area contributed by atoms with Gasteiger partial charge in [0.15, 0.2) is 0 Å². The van der Waals surface area contributed by atoms with Gasteiger partial charge in [0.05, 0.1) is 0 Å². The molecule has 1 saturated carbocycles. The van der Waals surface area contributed by atoms with Gasteiger partial charge in [-0.1, -0.05) is 24.6 Å². The van der Waals surface area contributed by atoms with E-state index in [2.05, 4.69) is 11.0 Å². The molecule has 1 aromatic carbocycles. The zero-order valence-corrected chi connectivity index (χ0v) is 10.4. The largest absolute Gasteiger partial charge is 0.508 e. The first kappa shape index (κ1) is 11.1. The number of piperidine rings is 1. The Balaban J connectivity index is 1.75. The molecule has 17 heavy (non-hydrogen) atoms. The summed E-state index contributed by atoms with van der Waals surface area (Å²) in [6.45, 7) is 3.63. The first-order valence-electron chi connectivity index (χ1n) is 6.81. The number of aromatic hydroxyl groups is 1. The number of phenolic OH excluding ortho intramolecular Hbond substituents is 1. The summed E-state index contributed by atoms with van der Waals surface area (Å²) in [7, 11) is 0. The van der Waals surface area contributed by atoms with Gasteiger partial charge in [-0.25, -0.2) is 0 Å². The van der Waals surface area contributed by atoms with Crippen LogP contribution in [0.1, 0.15) is 37.7 Å². The molecule has 0 aromatic heterocycles. The first-order valence-corrected chi connectivity index (χ1v) is 6.81. The van der Waals surface area contributed by atoms with Gasteiger partial charge in [0.25, 0.3) is 0 Å². The summed E-state index contributed by atoms with van der Waals surface area (Å²) in [5.41, 5.74) is 1.44. The molecule has 2 aliphatic rings. The van der Waals surface area contributed by atoms with Crippen LogP contribution in [0.25, 0.3) is 0 Å². The van der Waals surface area contributed by atoms with E-state index in [-0.39, 0.29) is 5.41 Å². The van der Waals surface area contributed by atoms with E-state index in [0.29, 0.717) is 5.75 Å². The summed E-state index contributed by atoms with van der Waals surface area (Å²) in [4.78, 5) is 2.59. The van der Waals surface area contributed by atoms with Crippen molar-refractivity contribution in [2.75, 3.05) is 19.6 Å². The van der Waals surface area contributed by atoms with Gasteiger partial charge in [-0.05, 0) is 44.8 Å². The Kier molecular flexibility index (Phi) is 2.83. The molecule has 1 aliphatic heterocycles. The number of likely N-dealkylation sites (tertiary alicyclic amines) is 1. The summed E-state index contributed by atoms with van der Waals surface area (Å²) in [5, 5.41) is 10.00. The molecule has 1 aromatic rings. The number of phenols is 1. The van der Waals surface area contributed by atoms with Crippen molar-refractivity contribution in [1.29, 1.82) is 0 Å². The predicted molar refractivity (Wildman–Crippen MR) is 69.3 cm³/mol. The average Bonchev–Trinajstić information content (AvgIpc) is 3.12. The number of benzene rings is 1. The van der Waals surface area contributed by atoms with Crippen LogP contribution in [-0.4, -0.2) is 29.6 Å². The quantitative estimate of drug-likeness (QED) is 0.864. The molecular formula is C15H21NO. The van der Waals surface area contributed by atoms with Crippen LogP contribution in [0, 0.1) is 0 Å². The lowest BCUT2D eigenvalue weighted by molar-refractivity contribution is 0.208. The van der Waals surface area contributed by atoms with Gasteiger partial charge in [-0.2, -0.15) is 0 Å². The minimum atomic E-state index is 0.267. The molecule has 0 amide bonds. The Hall–Kier alpha value is -1.02. The van der Waals surface area contributed by atoms with Crippen molar-refractivity contribution in [1.82, 2.24) is 4.90 Å². The zero-order valence-electron chi connectivity index (χ0n) is 10.4. The number of rotatable bonds is 3. The van der Waals surface area contributed by atoms with Crippen LogP contribution in [0.2, 0.25) is 0 Å². The summed E-state index contributed by atoms with van der Waals surface area (Å²) < 4.78 is 0.